The summed E-state index contributed by atoms with van der Waals surface area (Å²) in [5.41, 5.74) is 5.21. The molecule has 172 valence electrons. The Morgan fingerprint density at radius 1 is 1.00 bits per heavy atom. The van der Waals surface area contributed by atoms with Crippen molar-refractivity contribution in [3.8, 4) is 17.2 Å². The molecule has 0 heterocycles. The topological polar surface area (TPSA) is 69.2 Å². The van der Waals surface area contributed by atoms with Crippen molar-refractivity contribution < 1.29 is 19.0 Å². The Balaban J connectivity index is 1.59. The van der Waals surface area contributed by atoms with Crippen molar-refractivity contribution in [2.45, 2.75) is 20.0 Å². The summed E-state index contributed by atoms with van der Waals surface area (Å²) >= 11 is 6.96. The number of methoxy groups -OCH3 is 1. The van der Waals surface area contributed by atoms with Crippen LogP contribution in [0.1, 0.15) is 23.6 Å². The molecule has 0 atom stereocenters. The van der Waals surface area contributed by atoms with Crippen molar-refractivity contribution in [3.63, 3.8) is 0 Å². The maximum Gasteiger partial charge on any atom is 0.244 e. The molecular weight excluding hydrogens is 552 g/mol. The minimum Gasteiger partial charge on any atom is -0.494 e. The molecule has 8 heteroatoms. The van der Waals surface area contributed by atoms with Crippen LogP contribution in [0.25, 0.3) is 0 Å². The third kappa shape index (κ3) is 7.61. The predicted octanol–water partition coefficient (Wildman–Crippen LogP) is 5.89. The Hall–Kier alpha value is -2.84. The van der Waals surface area contributed by atoms with Gasteiger partial charge in [-0.15, -0.1) is 0 Å². The average molecular weight is 576 g/mol. The van der Waals surface area contributed by atoms with Crippen molar-refractivity contribution in [2.75, 3.05) is 13.7 Å². The normalized spacial score (nSPS) is 10.8. The first-order valence-corrected chi connectivity index (χ1v) is 11.9. The number of hydrogen-bond donors (Lipinski definition) is 1. The van der Waals surface area contributed by atoms with Crippen LogP contribution in [0.5, 0.6) is 17.2 Å². The Kier molecular flexibility index (Phi) is 9.33. The van der Waals surface area contributed by atoms with E-state index in [9.17, 15) is 4.79 Å². The lowest BCUT2D eigenvalue weighted by molar-refractivity contribution is -0.120. The summed E-state index contributed by atoms with van der Waals surface area (Å²) in [7, 11) is 1.58. The smallest absolute Gasteiger partial charge is 0.244 e. The lowest BCUT2D eigenvalue weighted by atomic mass is 10.1. The minimum atomic E-state index is -0.212. The first-order chi connectivity index (χ1) is 16.0. The second kappa shape index (κ2) is 12.4. The number of hydrazone groups is 1. The summed E-state index contributed by atoms with van der Waals surface area (Å²) in [5.74, 6) is 1.72. The van der Waals surface area contributed by atoms with E-state index in [1.165, 1.54) is 0 Å². The molecule has 0 spiro atoms. The average Bonchev–Trinajstić information content (AvgIpc) is 2.80. The predicted molar refractivity (Wildman–Crippen MR) is 136 cm³/mol. The van der Waals surface area contributed by atoms with Gasteiger partial charge in [0.15, 0.2) is 11.5 Å². The van der Waals surface area contributed by atoms with Gasteiger partial charge in [0, 0.05) is 4.47 Å². The van der Waals surface area contributed by atoms with Gasteiger partial charge in [0.2, 0.25) is 5.91 Å². The molecule has 3 aromatic carbocycles. The van der Waals surface area contributed by atoms with Gasteiger partial charge in [-0.3, -0.25) is 4.79 Å². The van der Waals surface area contributed by atoms with E-state index in [0.717, 1.165) is 31.4 Å². The van der Waals surface area contributed by atoms with E-state index in [1.807, 2.05) is 61.5 Å². The van der Waals surface area contributed by atoms with Crippen LogP contribution in [0, 0.1) is 0 Å². The highest BCUT2D eigenvalue weighted by molar-refractivity contribution is 9.10. The molecule has 3 aromatic rings. The third-order valence-electron chi connectivity index (χ3n) is 4.55. The molecule has 0 fully saturated rings. The molecular formula is C25H24Br2N2O4. The number of carbonyl (C=O) groups is 1. The molecule has 33 heavy (non-hydrogen) atoms. The van der Waals surface area contributed by atoms with Crippen LogP contribution < -0.4 is 19.6 Å². The highest BCUT2D eigenvalue weighted by Crippen LogP contribution is 2.37. The molecule has 0 aromatic heterocycles. The van der Waals surface area contributed by atoms with Gasteiger partial charge >= 0.3 is 0 Å². The number of hydrogen-bond acceptors (Lipinski definition) is 5. The quantitative estimate of drug-likeness (QED) is 0.242. The lowest BCUT2D eigenvalue weighted by Crippen LogP contribution is -2.19. The van der Waals surface area contributed by atoms with Crippen molar-refractivity contribution in [2.24, 2.45) is 5.10 Å². The fourth-order valence-corrected chi connectivity index (χ4v) is 3.80. The van der Waals surface area contributed by atoms with Crippen molar-refractivity contribution in [3.05, 3.63) is 86.3 Å². The zero-order valence-corrected chi connectivity index (χ0v) is 21.5. The molecule has 0 saturated heterocycles. The van der Waals surface area contributed by atoms with Crippen molar-refractivity contribution >= 4 is 44.0 Å². The van der Waals surface area contributed by atoms with Gasteiger partial charge in [-0.05, 0) is 75.9 Å². The Bertz CT molecular complexity index is 1100. The van der Waals surface area contributed by atoms with Crippen molar-refractivity contribution in [1.29, 1.82) is 0 Å². The molecule has 3 rings (SSSR count). The number of halogens is 2. The first-order valence-electron chi connectivity index (χ1n) is 10.3. The zero-order valence-electron chi connectivity index (χ0n) is 18.3. The molecule has 6 nitrogen and oxygen atoms in total. The molecule has 0 bridgehead atoms. The molecule has 0 aliphatic rings. The summed E-state index contributed by atoms with van der Waals surface area (Å²) in [6.45, 7) is 2.93. The summed E-state index contributed by atoms with van der Waals surface area (Å²) in [6, 6.07) is 19.0. The summed E-state index contributed by atoms with van der Waals surface area (Å²) < 4.78 is 18.6. The fraction of sp³-hybridized carbons (Fsp3) is 0.200. The Morgan fingerprint density at radius 3 is 2.36 bits per heavy atom. The van der Waals surface area contributed by atoms with Gasteiger partial charge in [0.05, 0.1) is 30.8 Å². The zero-order chi connectivity index (χ0) is 23.6. The van der Waals surface area contributed by atoms with Crippen LogP contribution in [0.4, 0.5) is 0 Å². The van der Waals surface area contributed by atoms with Gasteiger partial charge in [-0.1, -0.05) is 40.2 Å². The van der Waals surface area contributed by atoms with Crippen LogP contribution in [0.3, 0.4) is 0 Å². The number of rotatable bonds is 10. The summed E-state index contributed by atoms with van der Waals surface area (Å²) in [5, 5.41) is 4.06. The van der Waals surface area contributed by atoms with Gasteiger partial charge in [-0.25, -0.2) is 5.43 Å². The first kappa shape index (κ1) is 24.8. The van der Waals surface area contributed by atoms with Crippen LogP contribution in [0.15, 0.2) is 74.7 Å². The van der Waals surface area contributed by atoms with E-state index in [2.05, 4.69) is 42.4 Å². The maximum absolute atomic E-state index is 12.2. The lowest BCUT2D eigenvalue weighted by Gasteiger charge is -2.13. The SMILES string of the molecule is CCOc1ccc(CC(=O)N/N=C/c2cc(Br)c(OCc3ccc(Br)cc3)c(OC)c2)cc1. The monoisotopic (exact) mass is 574 g/mol. The third-order valence-corrected chi connectivity index (χ3v) is 5.67. The standard InChI is InChI=1S/C25H24Br2N2O4/c1-3-32-21-10-6-17(7-11-21)14-24(30)29-28-15-19-12-22(27)25(23(13-19)31-2)33-16-18-4-8-20(26)9-5-18/h4-13,15H,3,14,16H2,1-2H3,(H,29,30)/b28-15+. The van der Waals surface area contributed by atoms with E-state index in [4.69, 9.17) is 14.2 Å². The van der Waals surface area contributed by atoms with Gasteiger partial charge in [-0.2, -0.15) is 5.10 Å². The minimum absolute atomic E-state index is 0.212. The van der Waals surface area contributed by atoms with E-state index in [-0.39, 0.29) is 12.3 Å². The Labute approximate surface area is 210 Å². The molecule has 0 unspecified atom stereocenters. The van der Waals surface area contributed by atoms with E-state index >= 15 is 0 Å². The van der Waals surface area contributed by atoms with Crippen LogP contribution >= 0.6 is 31.9 Å². The summed E-state index contributed by atoms with van der Waals surface area (Å²) in [6.07, 6.45) is 1.78. The second-order valence-corrected chi connectivity index (χ2v) is 8.77. The van der Waals surface area contributed by atoms with Gasteiger partial charge in [0.25, 0.3) is 0 Å². The number of carbonyl (C=O) groups excluding carboxylic acids is 1. The molecule has 1 N–H and O–H groups in total. The number of benzene rings is 3. The Morgan fingerprint density at radius 2 is 1.70 bits per heavy atom. The maximum atomic E-state index is 12.2. The molecule has 0 radical (unpaired) electrons. The number of nitrogens with one attached hydrogen (secondary N) is 1. The van der Waals surface area contributed by atoms with Crippen LogP contribution in [-0.2, 0) is 17.8 Å². The molecule has 0 aliphatic carbocycles. The molecule has 1 amide bonds. The van der Waals surface area contributed by atoms with Crippen molar-refractivity contribution in [1.82, 2.24) is 5.43 Å². The largest absolute Gasteiger partial charge is 0.494 e. The van der Waals surface area contributed by atoms with Crippen LogP contribution in [-0.4, -0.2) is 25.8 Å². The number of ether oxygens (including phenoxy) is 3. The van der Waals surface area contributed by atoms with E-state index in [0.29, 0.717) is 24.7 Å². The van der Waals surface area contributed by atoms with Crippen LogP contribution in [0.2, 0.25) is 0 Å². The highest BCUT2D eigenvalue weighted by atomic mass is 79.9. The molecule has 0 saturated carbocycles. The van der Waals surface area contributed by atoms with Gasteiger partial charge < -0.3 is 14.2 Å². The summed E-state index contributed by atoms with van der Waals surface area (Å²) in [4.78, 5) is 12.2. The second-order valence-electron chi connectivity index (χ2n) is 7.00. The number of amides is 1. The fourth-order valence-electron chi connectivity index (χ4n) is 2.96. The van der Waals surface area contributed by atoms with Gasteiger partial charge in [0.1, 0.15) is 12.4 Å². The number of nitrogens with zero attached hydrogens (tertiary/aromatic N) is 1. The molecule has 0 aliphatic heterocycles. The van der Waals surface area contributed by atoms with E-state index < -0.39 is 0 Å². The van der Waals surface area contributed by atoms with E-state index in [1.54, 1.807) is 19.4 Å². The highest BCUT2D eigenvalue weighted by Gasteiger charge is 2.12.